The number of hydrogen-bond donors (Lipinski definition) is 0. The highest BCUT2D eigenvalue weighted by molar-refractivity contribution is 6.12. The molecule has 0 N–H and O–H groups in total. The number of ketones is 1. The number of methoxy groups -OCH3 is 1. The van der Waals surface area contributed by atoms with Gasteiger partial charge in [-0.15, -0.1) is 0 Å². The number of nitrogens with zero attached hydrogens (tertiary/aromatic N) is 2. The molecule has 0 unspecified atom stereocenters. The van der Waals surface area contributed by atoms with Crippen molar-refractivity contribution in [1.29, 1.82) is 0 Å². The molecule has 0 atom stereocenters. The Morgan fingerprint density at radius 3 is 2.56 bits per heavy atom. The van der Waals surface area contributed by atoms with Gasteiger partial charge < -0.3 is 14.2 Å². The molecule has 0 radical (unpaired) electrons. The van der Waals surface area contributed by atoms with Crippen molar-refractivity contribution in [2.75, 3.05) is 21.2 Å². The maximum atomic E-state index is 13.7. The second kappa shape index (κ2) is 9.81. The van der Waals surface area contributed by atoms with Crippen molar-refractivity contribution in [1.82, 2.24) is 9.47 Å². The van der Waals surface area contributed by atoms with Gasteiger partial charge in [0.2, 0.25) is 0 Å². The van der Waals surface area contributed by atoms with E-state index in [1.54, 1.807) is 7.11 Å². The summed E-state index contributed by atoms with van der Waals surface area (Å²) < 4.78 is 7.84. The van der Waals surface area contributed by atoms with E-state index < -0.39 is 0 Å². The second-order valence-corrected chi connectivity index (χ2v) is 10.3. The Hall–Kier alpha value is -3.60. The number of carbonyl (C=O) groups excluding carboxylic acids is 2. The summed E-state index contributed by atoms with van der Waals surface area (Å²) >= 11 is 0. The molecule has 1 aliphatic heterocycles. The average Bonchev–Trinajstić information content (AvgIpc) is 3.10. The largest absolute Gasteiger partial charge is 0.497 e. The molecule has 1 saturated carbocycles. The first-order chi connectivity index (χ1) is 17.4. The third-order valence-electron chi connectivity index (χ3n) is 7.55. The zero-order valence-corrected chi connectivity index (χ0v) is 21.6. The molecule has 186 valence electrons. The summed E-state index contributed by atoms with van der Waals surface area (Å²) in [4.78, 5) is 27.3. The molecule has 5 rings (SSSR count). The monoisotopic (exact) mass is 482 g/mol. The average molecular weight is 483 g/mol. The molecule has 2 heterocycles. The molecular formula is C31H34N2O3. The lowest BCUT2D eigenvalue weighted by Crippen LogP contribution is -2.13. The van der Waals surface area contributed by atoms with Crippen LogP contribution in [-0.2, 0) is 11.3 Å². The van der Waals surface area contributed by atoms with Crippen LogP contribution in [0.5, 0.6) is 5.75 Å². The van der Waals surface area contributed by atoms with Gasteiger partial charge in [-0.2, -0.15) is 0 Å². The van der Waals surface area contributed by atoms with Crippen molar-refractivity contribution in [3.05, 3.63) is 70.4 Å². The number of benzene rings is 2. The molecule has 3 aromatic rings. The summed E-state index contributed by atoms with van der Waals surface area (Å²) in [5.41, 5.74) is 7.72. The van der Waals surface area contributed by atoms with E-state index in [4.69, 9.17) is 4.74 Å². The van der Waals surface area contributed by atoms with Gasteiger partial charge in [0.15, 0.2) is 5.78 Å². The maximum absolute atomic E-state index is 13.7. The first-order valence-corrected chi connectivity index (χ1v) is 12.8. The minimum Gasteiger partial charge on any atom is -0.497 e. The van der Waals surface area contributed by atoms with Gasteiger partial charge in [-0.1, -0.05) is 31.4 Å². The topological polar surface area (TPSA) is 51.5 Å². The Morgan fingerprint density at radius 2 is 1.86 bits per heavy atom. The summed E-state index contributed by atoms with van der Waals surface area (Å²) in [5, 5.41) is 1.19. The molecule has 0 spiro atoms. The molecular weight excluding hydrogens is 448 g/mol. The predicted octanol–water partition coefficient (Wildman–Crippen LogP) is 6.61. The molecule has 1 aromatic heterocycles. The SMILES string of the molecule is COc1ccc2c(c1)C=C(C(=O)/C(C)=C\N(C)C)Cn1c-2c(C2CCCCC2)c2ccc(C=O)cc21. The minimum absolute atomic E-state index is 0.0259. The highest BCUT2D eigenvalue weighted by Crippen LogP contribution is 2.47. The molecule has 0 saturated heterocycles. The Balaban J connectivity index is 1.81. The summed E-state index contributed by atoms with van der Waals surface area (Å²) in [7, 11) is 5.52. The molecule has 36 heavy (non-hydrogen) atoms. The van der Waals surface area contributed by atoms with Crippen LogP contribution in [0.25, 0.3) is 28.2 Å². The van der Waals surface area contributed by atoms with Crippen LogP contribution in [0.3, 0.4) is 0 Å². The molecule has 0 bridgehead atoms. The maximum Gasteiger partial charge on any atom is 0.187 e. The normalized spacial score (nSPS) is 16.1. The molecule has 0 amide bonds. The highest BCUT2D eigenvalue weighted by atomic mass is 16.5. The van der Waals surface area contributed by atoms with Gasteiger partial charge in [-0.05, 0) is 67.2 Å². The standard InChI is InChI=1S/C31H34N2O3/c1-20(17-32(2)3)31(35)24-15-23-16-25(36-4)11-13-26(23)30-29(22-8-6-5-7-9-22)27-12-10-21(19-34)14-28(27)33(30)18-24/h10-17,19,22H,5-9,18H2,1-4H3/b20-17-. The number of allylic oxidation sites excluding steroid dienone is 2. The summed E-state index contributed by atoms with van der Waals surface area (Å²) in [6.07, 6.45) is 10.9. The van der Waals surface area contributed by atoms with Crippen molar-refractivity contribution >= 4 is 29.0 Å². The van der Waals surface area contributed by atoms with Crippen molar-refractivity contribution in [2.24, 2.45) is 0 Å². The van der Waals surface area contributed by atoms with Crippen LogP contribution in [0, 0.1) is 0 Å². The van der Waals surface area contributed by atoms with Gasteiger partial charge in [0.25, 0.3) is 0 Å². The number of hydrogen-bond acceptors (Lipinski definition) is 4. The van der Waals surface area contributed by atoms with E-state index in [9.17, 15) is 9.59 Å². The molecule has 1 aliphatic carbocycles. The number of rotatable bonds is 6. The molecule has 5 nitrogen and oxygen atoms in total. The van der Waals surface area contributed by atoms with Crippen LogP contribution < -0.4 is 4.74 Å². The van der Waals surface area contributed by atoms with Crippen molar-refractivity contribution in [2.45, 2.75) is 51.5 Å². The van der Waals surface area contributed by atoms with Crippen LogP contribution >= 0.6 is 0 Å². The van der Waals surface area contributed by atoms with Crippen LogP contribution in [0.1, 0.15) is 66.4 Å². The Morgan fingerprint density at radius 1 is 1.08 bits per heavy atom. The predicted molar refractivity (Wildman–Crippen MR) is 146 cm³/mol. The Labute approximate surface area is 213 Å². The third kappa shape index (κ3) is 4.27. The van der Waals surface area contributed by atoms with Crippen molar-refractivity contribution in [3.63, 3.8) is 0 Å². The number of aldehydes is 1. The highest BCUT2D eigenvalue weighted by Gasteiger charge is 2.30. The van der Waals surface area contributed by atoms with Gasteiger partial charge in [-0.25, -0.2) is 0 Å². The van der Waals surface area contributed by atoms with Gasteiger partial charge in [0.1, 0.15) is 12.0 Å². The molecule has 5 heteroatoms. The number of ether oxygens (including phenoxy) is 1. The minimum atomic E-state index is 0.0259. The van der Waals surface area contributed by atoms with E-state index in [1.807, 2.05) is 62.5 Å². The zero-order valence-electron chi connectivity index (χ0n) is 21.6. The lowest BCUT2D eigenvalue weighted by molar-refractivity contribution is -0.112. The number of aromatic nitrogens is 1. The van der Waals surface area contributed by atoms with Crippen LogP contribution in [-0.4, -0.2) is 42.7 Å². The number of Topliss-reactive ketones (excluding diaryl/α,β-unsaturated/α-hetero) is 1. The van der Waals surface area contributed by atoms with Crippen LogP contribution in [0.2, 0.25) is 0 Å². The van der Waals surface area contributed by atoms with E-state index in [0.717, 1.165) is 47.1 Å². The van der Waals surface area contributed by atoms with Gasteiger partial charge in [0, 0.05) is 53.5 Å². The first-order valence-electron chi connectivity index (χ1n) is 12.8. The van der Waals surface area contributed by atoms with E-state index in [0.29, 0.717) is 23.6 Å². The molecule has 2 aromatic carbocycles. The quantitative estimate of drug-likeness (QED) is 0.293. The van der Waals surface area contributed by atoms with Crippen LogP contribution in [0.4, 0.5) is 0 Å². The van der Waals surface area contributed by atoms with Crippen molar-refractivity contribution < 1.29 is 14.3 Å². The van der Waals surface area contributed by atoms with Gasteiger partial charge >= 0.3 is 0 Å². The molecule has 1 fully saturated rings. The third-order valence-corrected chi connectivity index (χ3v) is 7.55. The first kappa shape index (κ1) is 24.1. The van der Waals surface area contributed by atoms with E-state index in [1.165, 1.54) is 35.9 Å². The van der Waals surface area contributed by atoms with E-state index in [-0.39, 0.29) is 5.78 Å². The summed E-state index contributed by atoms with van der Waals surface area (Å²) in [5.74, 6) is 1.25. The lowest BCUT2D eigenvalue weighted by atomic mass is 9.81. The van der Waals surface area contributed by atoms with Crippen LogP contribution in [0.15, 0.2) is 53.7 Å². The summed E-state index contributed by atoms with van der Waals surface area (Å²) in [6.45, 7) is 2.32. The fraction of sp³-hybridized carbons (Fsp3) is 0.355. The van der Waals surface area contributed by atoms with Crippen molar-refractivity contribution in [3.8, 4) is 17.0 Å². The van der Waals surface area contributed by atoms with Gasteiger partial charge in [-0.3, -0.25) is 9.59 Å². The summed E-state index contributed by atoms with van der Waals surface area (Å²) in [6, 6.07) is 12.2. The number of fused-ring (bicyclic) bond motifs is 5. The van der Waals surface area contributed by atoms with E-state index >= 15 is 0 Å². The second-order valence-electron chi connectivity index (χ2n) is 10.3. The molecule has 2 aliphatic rings. The lowest BCUT2D eigenvalue weighted by Gasteiger charge is -2.24. The zero-order chi connectivity index (χ0) is 25.4. The smallest absolute Gasteiger partial charge is 0.187 e. The fourth-order valence-electron chi connectivity index (χ4n) is 5.97. The number of carbonyl (C=O) groups is 2. The van der Waals surface area contributed by atoms with E-state index in [2.05, 4.69) is 16.7 Å². The fourth-order valence-corrected chi connectivity index (χ4v) is 5.97. The van der Waals surface area contributed by atoms with Gasteiger partial charge in [0.05, 0.1) is 19.3 Å². The Kier molecular flexibility index (Phi) is 6.57. The Bertz CT molecular complexity index is 1400.